The minimum absolute atomic E-state index is 0.211. The molecule has 0 saturated carbocycles. The van der Waals surface area contributed by atoms with Crippen molar-refractivity contribution >= 4 is 33.9 Å². The van der Waals surface area contributed by atoms with Gasteiger partial charge in [-0.1, -0.05) is 31.5 Å². The number of aliphatic carboxylic acids is 1. The van der Waals surface area contributed by atoms with E-state index >= 15 is 0 Å². The maximum atomic E-state index is 12.0. The van der Waals surface area contributed by atoms with Crippen LogP contribution in [0.5, 0.6) is 5.75 Å². The standard InChI is InChI=1S/C22H25N3O4/c1-3-8-16(22(27)28)23-20(26)13-7-14-29-19-12-6-11-18-21(19)24-15-9-4-5-10-17(15)25(18)2/h4-6,9-12,16H,3,7-8,13-14H2,1-2H3,(H-,23,26,27,28)/p+1. The summed E-state index contributed by atoms with van der Waals surface area (Å²) in [5, 5.41) is 11.7. The van der Waals surface area contributed by atoms with Crippen LogP contribution in [-0.4, -0.2) is 34.6 Å². The summed E-state index contributed by atoms with van der Waals surface area (Å²) in [6, 6.07) is 12.9. The van der Waals surface area contributed by atoms with E-state index in [0.717, 1.165) is 22.1 Å². The molecule has 1 amide bonds. The van der Waals surface area contributed by atoms with Crippen LogP contribution in [0.2, 0.25) is 0 Å². The fraction of sp³-hybridized carbons (Fsp3) is 0.364. The third-order valence-corrected chi connectivity index (χ3v) is 4.83. The molecule has 29 heavy (non-hydrogen) atoms. The third-order valence-electron chi connectivity index (χ3n) is 4.83. The number of para-hydroxylation sites is 3. The van der Waals surface area contributed by atoms with Crippen LogP contribution in [0.4, 0.5) is 0 Å². The smallest absolute Gasteiger partial charge is 0.326 e. The van der Waals surface area contributed by atoms with Gasteiger partial charge < -0.3 is 15.2 Å². The zero-order valence-corrected chi connectivity index (χ0v) is 16.7. The van der Waals surface area contributed by atoms with Gasteiger partial charge in [-0.2, -0.15) is 4.57 Å². The highest BCUT2D eigenvalue weighted by molar-refractivity contribution is 5.85. The molecule has 0 aliphatic heterocycles. The van der Waals surface area contributed by atoms with Crippen LogP contribution in [0, 0.1) is 0 Å². The van der Waals surface area contributed by atoms with Gasteiger partial charge in [0.05, 0.1) is 6.61 Å². The predicted molar refractivity (Wildman–Crippen MR) is 110 cm³/mol. The van der Waals surface area contributed by atoms with Crippen molar-refractivity contribution in [2.75, 3.05) is 6.61 Å². The van der Waals surface area contributed by atoms with Crippen molar-refractivity contribution in [1.82, 2.24) is 10.3 Å². The maximum absolute atomic E-state index is 12.0. The second-order valence-electron chi connectivity index (χ2n) is 6.98. The summed E-state index contributed by atoms with van der Waals surface area (Å²) in [5.74, 6) is -0.611. The Morgan fingerprint density at radius 3 is 2.69 bits per heavy atom. The SMILES string of the molecule is CCCC(NC(=O)CCCOc1cccc2c1nc1ccccc1[n+]2C)C(=O)O. The second-order valence-corrected chi connectivity index (χ2v) is 6.98. The van der Waals surface area contributed by atoms with Crippen molar-refractivity contribution in [3.05, 3.63) is 42.5 Å². The number of carboxylic acids is 1. The van der Waals surface area contributed by atoms with E-state index in [4.69, 9.17) is 14.8 Å². The van der Waals surface area contributed by atoms with Gasteiger partial charge in [0.1, 0.15) is 18.6 Å². The number of nitrogens with one attached hydrogen (secondary N) is 1. The minimum Gasteiger partial charge on any atom is -0.491 e. The molecule has 2 aromatic carbocycles. The van der Waals surface area contributed by atoms with Crippen LogP contribution >= 0.6 is 0 Å². The number of hydrogen-bond acceptors (Lipinski definition) is 4. The average Bonchev–Trinajstić information content (AvgIpc) is 2.71. The monoisotopic (exact) mass is 396 g/mol. The van der Waals surface area contributed by atoms with Gasteiger partial charge in [0.2, 0.25) is 16.9 Å². The summed E-state index contributed by atoms with van der Waals surface area (Å²) in [6.07, 6.45) is 1.81. The van der Waals surface area contributed by atoms with Crippen molar-refractivity contribution in [1.29, 1.82) is 0 Å². The molecular weight excluding hydrogens is 370 g/mol. The van der Waals surface area contributed by atoms with Crippen LogP contribution < -0.4 is 14.6 Å². The van der Waals surface area contributed by atoms with Gasteiger partial charge in [-0.05, 0) is 25.0 Å². The summed E-state index contributed by atoms with van der Waals surface area (Å²) in [5.41, 5.74) is 3.65. The number of benzene rings is 2. The number of ether oxygens (including phenoxy) is 1. The molecule has 1 aromatic heterocycles. The Bertz CT molecular complexity index is 1040. The Balaban J connectivity index is 1.64. The molecule has 0 aliphatic rings. The third kappa shape index (κ3) is 4.80. The van der Waals surface area contributed by atoms with Crippen molar-refractivity contribution in [2.24, 2.45) is 7.05 Å². The molecule has 0 aliphatic carbocycles. The first kappa shape index (κ1) is 20.5. The molecule has 1 unspecified atom stereocenters. The number of aryl methyl sites for hydroxylation is 1. The van der Waals surface area contributed by atoms with Crippen molar-refractivity contribution in [3.8, 4) is 5.75 Å². The van der Waals surface area contributed by atoms with E-state index in [1.807, 2.05) is 56.4 Å². The highest BCUT2D eigenvalue weighted by Gasteiger charge is 2.19. The summed E-state index contributed by atoms with van der Waals surface area (Å²) in [4.78, 5) is 27.9. The van der Waals surface area contributed by atoms with Crippen molar-refractivity contribution in [2.45, 2.75) is 38.6 Å². The summed E-state index contributed by atoms with van der Waals surface area (Å²) in [7, 11) is 2.00. The molecule has 152 valence electrons. The fourth-order valence-electron chi connectivity index (χ4n) is 3.33. The van der Waals surface area contributed by atoms with Crippen LogP contribution in [0.3, 0.4) is 0 Å². The van der Waals surface area contributed by atoms with Gasteiger partial charge >= 0.3 is 5.97 Å². The minimum atomic E-state index is -1.00. The molecule has 0 fully saturated rings. The number of fused-ring (bicyclic) bond motifs is 2. The van der Waals surface area contributed by atoms with Crippen LogP contribution in [-0.2, 0) is 16.6 Å². The number of carbonyl (C=O) groups excluding carboxylic acids is 1. The molecule has 0 saturated heterocycles. The van der Waals surface area contributed by atoms with E-state index in [9.17, 15) is 9.59 Å². The van der Waals surface area contributed by atoms with E-state index in [0.29, 0.717) is 31.6 Å². The highest BCUT2D eigenvalue weighted by Crippen LogP contribution is 2.23. The number of hydrogen-bond donors (Lipinski definition) is 2. The Labute approximate surface area is 169 Å². The molecule has 2 N–H and O–H groups in total. The lowest BCUT2D eigenvalue weighted by molar-refractivity contribution is -0.617. The highest BCUT2D eigenvalue weighted by atomic mass is 16.5. The van der Waals surface area contributed by atoms with Gasteiger partial charge in [0.15, 0.2) is 11.3 Å². The van der Waals surface area contributed by atoms with E-state index in [-0.39, 0.29) is 12.3 Å². The normalized spacial score (nSPS) is 12.1. The number of carboxylic acid groups (broad SMARTS) is 1. The number of amides is 1. The first-order valence-corrected chi connectivity index (χ1v) is 9.83. The summed E-state index contributed by atoms with van der Waals surface area (Å²) in [6.45, 7) is 2.23. The van der Waals surface area contributed by atoms with Gasteiger partial charge in [-0.25, -0.2) is 9.78 Å². The Morgan fingerprint density at radius 2 is 1.93 bits per heavy atom. The molecule has 0 radical (unpaired) electrons. The summed E-state index contributed by atoms with van der Waals surface area (Å²) < 4.78 is 7.98. The Morgan fingerprint density at radius 1 is 1.17 bits per heavy atom. The first-order valence-electron chi connectivity index (χ1n) is 9.83. The number of carbonyl (C=O) groups is 2. The van der Waals surface area contributed by atoms with Crippen LogP contribution in [0.15, 0.2) is 42.5 Å². The van der Waals surface area contributed by atoms with Gasteiger partial charge in [0, 0.05) is 18.6 Å². The Hall–Kier alpha value is -3.22. The Kier molecular flexibility index (Phi) is 6.59. The van der Waals surface area contributed by atoms with Gasteiger partial charge in [-0.3, -0.25) is 4.79 Å². The van der Waals surface area contributed by atoms with Gasteiger partial charge in [0.25, 0.3) is 0 Å². The summed E-state index contributed by atoms with van der Waals surface area (Å²) >= 11 is 0. The second kappa shape index (κ2) is 9.32. The first-order chi connectivity index (χ1) is 14.0. The lowest BCUT2D eigenvalue weighted by Crippen LogP contribution is -2.40. The molecule has 3 rings (SSSR count). The quantitative estimate of drug-likeness (QED) is 0.330. The van der Waals surface area contributed by atoms with Crippen molar-refractivity contribution in [3.63, 3.8) is 0 Å². The lowest BCUT2D eigenvalue weighted by Gasteiger charge is -2.13. The topological polar surface area (TPSA) is 92.4 Å². The molecule has 1 atom stereocenters. The zero-order valence-electron chi connectivity index (χ0n) is 16.7. The van der Waals surface area contributed by atoms with Crippen molar-refractivity contribution < 1.29 is 24.0 Å². The van der Waals surface area contributed by atoms with E-state index in [1.165, 1.54) is 0 Å². The molecule has 7 nitrogen and oxygen atoms in total. The lowest BCUT2D eigenvalue weighted by atomic mass is 10.1. The molecule has 1 heterocycles. The average molecular weight is 396 g/mol. The molecular formula is C22H26N3O4+. The van der Waals surface area contributed by atoms with Gasteiger partial charge in [-0.15, -0.1) is 0 Å². The number of nitrogens with zero attached hydrogens (tertiary/aromatic N) is 2. The molecule has 7 heteroatoms. The number of aromatic nitrogens is 2. The van der Waals surface area contributed by atoms with E-state index in [2.05, 4.69) is 9.88 Å². The largest absolute Gasteiger partial charge is 0.491 e. The van der Waals surface area contributed by atoms with Crippen LogP contribution in [0.1, 0.15) is 32.6 Å². The predicted octanol–water partition coefficient (Wildman–Crippen LogP) is 2.74. The number of rotatable bonds is 9. The van der Waals surface area contributed by atoms with Crippen LogP contribution in [0.25, 0.3) is 22.1 Å². The molecule has 0 bridgehead atoms. The van der Waals surface area contributed by atoms with E-state index < -0.39 is 12.0 Å². The molecule has 0 spiro atoms. The molecule has 3 aromatic rings. The maximum Gasteiger partial charge on any atom is 0.326 e. The fourth-order valence-corrected chi connectivity index (χ4v) is 3.33. The van der Waals surface area contributed by atoms with E-state index in [1.54, 1.807) is 0 Å². The zero-order chi connectivity index (χ0) is 20.8.